The van der Waals surface area contributed by atoms with Crippen LogP contribution < -0.4 is 11.1 Å². The van der Waals surface area contributed by atoms with Crippen molar-refractivity contribution in [2.45, 2.75) is 19.9 Å². The number of halogens is 1. The summed E-state index contributed by atoms with van der Waals surface area (Å²) in [4.78, 5) is 26.4. The number of nitrogens with one attached hydrogen (secondary N) is 1. The standard InChI is InChI=1S/C18H16FN3O2/c1-11(2)22-17(24)10-8-15(21-22)14-7-9-16(23)20-18(14)12-3-5-13(19)6-4-12/h3-11H,1-2H3,(H,20,23). The van der Waals surface area contributed by atoms with E-state index >= 15 is 0 Å². The van der Waals surface area contributed by atoms with Gasteiger partial charge in [-0.05, 0) is 55.8 Å². The Balaban J connectivity index is 2.22. The molecule has 3 aromatic rings. The molecule has 6 heteroatoms. The van der Waals surface area contributed by atoms with Gasteiger partial charge in [-0.3, -0.25) is 9.59 Å². The second kappa shape index (κ2) is 6.23. The Hall–Kier alpha value is -3.02. The summed E-state index contributed by atoms with van der Waals surface area (Å²) in [5, 5.41) is 4.38. The molecule has 0 unspecified atom stereocenters. The first-order valence-corrected chi connectivity index (χ1v) is 7.55. The molecule has 0 saturated heterocycles. The topological polar surface area (TPSA) is 67.8 Å². The fourth-order valence-electron chi connectivity index (χ4n) is 2.47. The van der Waals surface area contributed by atoms with E-state index in [1.807, 2.05) is 13.8 Å². The van der Waals surface area contributed by atoms with Crippen LogP contribution >= 0.6 is 0 Å². The summed E-state index contributed by atoms with van der Waals surface area (Å²) in [5.41, 5.74) is 1.95. The van der Waals surface area contributed by atoms with Gasteiger partial charge in [-0.15, -0.1) is 0 Å². The van der Waals surface area contributed by atoms with Gasteiger partial charge in [0.2, 0.25) is 5.56 Å². The van der Waals surface area contributed by atoms with E-state index in [4.69, 9.17) is 0 Å². The first-order valence-electron chi connectivity index (χ1n) is 7.55. The van der Waals surface area contributed by atoms with Gasteiger partial charge >= 0.3 is 0 Å². The lowest BCUT2D eigenvalue weighted by Crippen LogP contribution is -2.24. The number of pyridine rings is 1. The van der Waals surface area contributed by atoms with Crippen LogP contribution in [0.4, 0.5) is 4.39 Å². The molecule has 1 aromatic carbocycles. The van der Waals surface area contributed by atoms with Crippen LogP contribution in [0.1, 0.15) is 19.9 Å². The molecule has 0 amide bonds. The number of hydrogen-bond donors (Lipinski definition) is 1. The quantitative estimate of drug-likeness (QED) is 0.805. The van der Waals surface area contributed by atoms with Gasteiger partial charge in [-0.2, -0.15) is 5.10 Å². The molecule has 5 nitrogen and oxygen atoms in total. The maximum absolute atomic E-state index is 13.2. The zero-order valence-corrected chi connectivity index (χ0v) is 13.3. The summed E-state index contributed by atoms with van der Waals surface area (Å²) in [6.45, 7) is 3.73. The van der Waals surface area contributed by atoms with Gasteiger partial charge in [0.15, 0.2) is 0 Å². The van der Waals surface area contributed by atoms with E-state index in [9.17, 15) is 14.0 Å². The summed E-state index contributed by atoms with van der Waals surface area (Å²) in [6.07, 6.45) is 0. The molecule has 24 heavy (non-hydrogen) atoms. The Morgan fingerprint density at radius 1 is 1.00 bits per heavy atom. The molecule has 1 N–H and O–H groups in total. The fourth-order valence-corrected chi connectivity index (χ4v) is 2.47. The van der Waals surface area contributed by atoms with Crippen LogP contribution in [0.5, 0.6) is 0 Å². The van der Waals surface area contributed by atoms with Crippen LogP contribution in [0, 0.1) is 5.82 Å². The van der Waals surface area contributed by atoms with Gasteiger partial charge in [0.1, 0.15) is 5.82 Å². The van der Waals surface area contributed by atoms with E-state index in [0.717, 1.165) is 0 Å². The number of aromatic amines is 1. The highest BCUT2D eigenvalue weighted by Crippen LogP contribution is 2.27. The molecule has 0 bridgehead atoms. The zero-order valence-electron chi connectivity index (χ0n) is 13.3. The number of benzene rings is 1. The van der Waals surface area contributed by atoms with Gasteiger partial charge in [0, 0.05) is 17.7 Å². The van der Waals surface area contributed by atoms with E-state index in [1.54, 1.807) is 24.3 Å². The number of nitrogens with zero attached hydrogens (tertiary/aromatic N) is 2. The van der Waals surface area contributed by atoms with Crippen LogP contribution in [0.25, 0.3) is 22.5 Å². The van der Waals surface area contributed by atoms with Gasteiger partial charge in [0.25, 0.3) is 5.56 Å². The monoisotopic (exact) mass is 325 g/mol. The lowest BCUT2D eigenvalue weighted by Gasteiger charge is -2.12. The van der Waals surface area contributed by atoms with Gasteiger partial charge < -0.3 is 4.98 Å². The SMILES string of the molecule is CC(C)n1nc(-c2ccc(=O)[nH]c2-c2ccc(F)cc2)ccc1=O. The van der Waals surface area contributed by atoms with Crippen LogP contribution in [-0.2, 0) is 0 Å². The van der Waals surface area contributed by atoms with Crippen molar-refractivity contribution in [2.24, 2.45) is 0 Å². The van der Waals surface area contributed by atoms with Crippen molar-refractivity contribution < 1.29 is 4.39 Å². The van der Waals surface area contributed by atoms with Gasteiger partial charge in [-0.25, -0.2) is 9.07 Å². The minimum absolute atomic E-state index is 0.0884. The largest absolute Gasteiger partial charge is 0.321 e. The van der Waals surface area contributed by atoms with Crippen LogP contribution in [0.15, 0.2) is 58.1 Å². The third-order valence-electron chi connectivity index (χ3n) is 3.64. The Kier molecular flexibility index (Phi) is 4.12. The molecule has 0 radical (unpaired) electrons. The van der Waals surface area contributed by atoms with Gasteiger partial charge in [-0.1, -0.05) is 0 Å². The normalized spacial score (nSPS) is 11.0. The lowest BCUT2D eigenvalue weighted by molar-refractivity contribution is 0.505. The second-order valence-corrected chi connectivity index (χ2v) is 5.71. The summed E-state index contributed by atoms with van der Waals surface area (Å²) in [6, 6.07) is 11.8. The molecule has 2 aromatic heterocycles. The molecule has 0 aliphatic carbocycles. The van der Waals surface area contributed by atoms with Crippen molar-refractivity contribution in [3.63, 3.8) is 0 Å². The van der Waals surface area contributed by atoms with E-state index in [-0.39, 0.29) is 23.0 Å². The number of aromatic nitrogens is 3. The van der Waals surface area contributed by atoms with Crippen molar-refractivity contribution in [3.8, 4) is 22.5 Å². The van der Waals surface area contributed by atoms with E-state index in [0.29, 0.717) is 22.5 Å². The van der Waals surface area contributed by atoms with E-state index in [2.05, 4.69) is 10.1 Å². The first-order chi connectivity index (χ1) is 11.5. The summed E-state index contributed by atoms with van der Waals surface area (Å²) < 4.78 is 14.6. The molecule has 0 spiro atoms. The van der Waals surface area contributed by atoms with Crippen molar-refractivity contribution >= 4 is 0 Å². The summed E-state index contributed by atoms with van der Waals surface area (Å²) in [5.74, 6) is -0.356. The van der Waals surface area contributed by atoms with Crippen molar-refractivity contribution in [2.75, 3.05) is 0 Å². The predicted octanol–water partition coefficient (Wildman–Crippen LogP) is 2.99. The Bertz CT molecular complexity index is 988. The molecule has 0 saturated carbocycles. The molecule has 0 fully saturated rings. The smallest absolute Gasteiger partial charge is 0.267 e. The minimum atomic E-state index is -0.356. The van der Waals surface area contributed by atoms with E-state index in [1.165, 1.54) is 28.9 Å². The molecular weight excluding hydrogens is 309 g/mol. The Labute approximate surface area is 137 Å². The van der Waals surface area contributed by atoms with Crippen molar-refractivity contribution in [1.29, 1.82) is 0 Å². The number of rotatable bonds is 3. The molecule has 0 aliphatic rings. The average Bonchev–Trinajstić information content (AvgIpc) is 2.56. The number of H-pyrrole nitrogens is 1. The average molecular weight is 325 g/mol. The third-order valence-corrected chi connectivity index (χ3v) is 3.64. The van der Waals surface area contributed by atoms with E-state index < -0.39 is 0 Å². The predicted molar refractivity (Wildman–Crippen MR) is 90.3 cm³/mol. The molecule has 3 rings (SSSR count). The van der Waals surface area contributed by atoms with Crippen LogP contribution in [0.3, 0.4) is 0 Å². The highest BCUT2D eigenvalue weighted by molar-refractivity contribution is 5.78. The highest BCUT2D eigenvalue weighted by Gasteiger charge is 2.12. The summed E-state index contributed by atoms with van der Waals surface area (Å²) >= 11 is 0. The maximum Gasteiger partial charge on any atom is 0.267 e. The van der Waals surface area contributed by atoms with Gasteiger partial charge in [0.05, 0.1) is 17.4 Å². The second-order valence-electron chi connectivity index (χ2n) is 5.71. The Morgan fingerprint density at radius 2 is 1.71 bits per heavy atom. The lowest BCUT2D eigenvalue weighted by atomic mass is 10.0. The van der Waals surface area contributed by atoms with Crippen molar-refractivity contribution in [1.82, 2.24) is 14.8 Å². The van der Waals surface area contributed by atoms with Crippen LogP contribution in [-0.4, -0.2) is 14.8 Å². The van der Waals surface area contributed by atoms with Crippen molar-refractivity contribution in [3.05, 3.63) is 75.1 Å². The minimum Gasteiger partial charge on any atom is -0.321 e. The molecule has 122 valence electrons. The first kappa shape index (κ1) is 15.9. The molecular formula is C18H16FN3O2. The molecule has 0 atom stereocenters. The van der Waals surface area contributed by atoms with Crippen LogP contribution in [0.2, 0.25) is 0 Å². The maximum atomic E-state index is 13.2. The number of hydrogen-bond acceptors (Lipinski definition) is 3. The molecule has 0 aliphatic heterocycles. The zero-order chi connectivity index (χ0) is 17.3. The third kappa shape index (κ3) is 3.03. The summed E-state index contributed by atoms with van der Waals surface area (Å²) in [7, 11) is 0. The highest BCUT2D eigenvalue weighted by atomic mass is 19.1. The Morgan fingerprint density at radius 3 is 2.38 bits per heavy atom. The molecule has 2 heterocycles. The fraction of sp³-hybridized carbons (Fsp3) is 0.167.